The zero-order valence-electron chi connectivity index (χ0n) is 16.0. The lowest BCUT2D eigenvalue weighted by Gasteiger charge is -2.06. The molecule has 0 atom stereocenters. The topological polar surface area (TPSA) is 56.0 Å². The maximum atomic E-state index is 13.2. The molecule has 3 aromatic heterocycles. The molecule has 6 nitrogen and oxygen atoms in total. The van der Waals surface area contributed by atoms with Gasteiger partial charge in [-0.3, -0.25) is 9.36 Å². The van der Waals surface area contributed by atoms with Crippen molar-refractivity contribution in [2.45, 2.75) is 6.54 Å². The number of imidazole rings is 1. The molecule has 4 heterocycles. The Bertz CT molecular complexity index is 1500. The highest BCUT2D eigenvalue weighted by Gasteiger charge is 2.21. The number of benzene rings is 2. The van der Waals surface area contributed by atoms with Crippen LogP contribution in [-0.4, -0.2) is 32.7 Å². The van der Waals surface area contributed by atoms with Gasteiger partial charge < -0.3 is 9.47 Å². The fourth-order valence-electron chi connectivity index (χ4n) is 3.97. The Balaban J connectivity index is 1.47. The van der Waals surface area contributed by atoms with Crippen molar-refractivity contribution in [2.24, 2.45) is 0 Å². The summed E-state index contributed by atoms with van der Waals surface area (Å²) in [5.41, 5.74) is 4.38. The molecular formula is C22H16ClN5OS. The minimum atomic E-state index is -0.0755. The Labute approximate surface area is 180 Å². The molecule has 1 aliphatic rings. The predicted octanol–water partition coefficient (Wildman–Crippen LogP) is 4.57. The van der Waals surface area contributed by atoms with Crippen LogP contribution >= 0.6 is 22.9 Å². The van der Waals surface area contributed by atoms with Crippen LogP contribution in [0.3, 0.4) is 0 Å². The Morgan fingerprint density at radius 3 is 2.70 bits per heavy atom. The molecule has 0 saturated carbocycles. The number of halogens is 1. The van der Waals surface area contributed by atoms with Gasteiger partial charge in [-0.25, -0.2) is 9.97 Å². The average molecular weight is 434 g/mol. The minimum absolute atomic E-state index is 0.0755. The molecule has 0 N–H and O–H groups in total. The summed E-state index contributed by atoms with van der Waals surface area (Å²) in [4.78, 5) is 25.7. The van der Waals surface area contributed by atoms with E-state index in [1.165, 1.54) is 11.3 Å². The third-order valence-electron chi connectivity index (χ3n) is 5.56. The molecule has 0 bridgehead atoms. The van der Waals surface area contributed by atoms with Gasteiger partial charge in [-0.1, -0.05) is 23.7 Å². The first-order valence-corrected chi connectivity index (χ1v) is 10.8. The van der Waals surface area contributed by atoms with E-state index >= 15 is 0 Å². The van der Waals surface area contributed by atoms with Crippen molar-refractivity contribution in [1.29, 1.82) is 0 Å². The van der Waals surface area contributed by atoms with Crippen molar-refractivity contribution in [3.8, 4) is 16.1 Å². The second kappa shape index (κ2) is 6.42. The van der Waals surface area contributed by atoms with E-state index < -0.39 is 0 Å². The van der Waals surface area contributed by atoms with Gasteiger partial charge in [0.25, 0.3) is 5.56 Å². The second-order valence-electron chi connectivity index (χ2n) is 7.41. The maximum absolute atomic E-state index is 13.2. The summed E-state index contributed by atoms with van der Waals surface area (Å²) in [5.74, 6) is 0.967. The molecule has 0 spiro atoms. The zero-order chi connectivity index (χ0) is 20.4. The van der Waals surface area contributed by atoms with Crippen LogP contribution in [0.15, 0.2) is 59.7 Å². The number of rotatable bonds is 2. The van der Waals surface area contributed by atoms with E-state index in [1.807, 2.05) is 55.6 Å². The third kappa shape index (κ3) is 2.59. The van der Waals surface area contributed by atoms with Gasteiger partial charge in [-0.2, -0.15) is 0 Å². The maximum Gasteiger partial charge on any atom is 0.275 e. The smallest absolute Gasteiger partial charge is 0.275 e. The quantitative estimate of drug-likeness (QED) is 0.409. The summed E-state index contributed by atoms with van der Waals surface area (Å²) in [6.45, 7) is 1.90. The van der Waals surface area contributed by atoms with Crippen molar-refractivity contribution in [2.75, 3.05) is 18.5 Å². The van der Waals surface area contributed by atoms with Crippen molar-refractivity contribution in [1.82, 2.24) is 19.1 Å². The highest BCUT2D eigenvalue weighted by molar-refractivity contribution is 7.22. The number of fused-ring (bicyclic) bond motifs is 4. The molecule has 0 aliphatic carbocycles. The molecule has 8 heteroatoms. The van der Waals surface area contributed by atoms with Crippen LogP contribution in [-0.2, 0) is 6.54 Å². The van der Waals surface area contributed by atoms with E-state index in [9.17, 15) is 4.79 Å². The number of likely N-dealkylation sites (N-methyl/N-ethyl adjacent to an activating group) is 1. The number of thiophene rings is 1. The Morgan fingerprint density at radius 1 is 1.03 bits per heavy atom. The molecule has 2 aromatic carbocycles. The Morgan fingerprint density at radius 2 is 1.87 bits per heavy atom. The van der Waals surface area contributed by atoms with Crippen LogP contribution in [0.4, 0.5) is 5.95 Å². The highest BCUT2D eigenvalue weighted by atomic mass is 35.5. The monoisotopic (exact) mass is 433 g/mol. The number of anilines is 1. The molecule has 5 aromatic rings. The largest absolute Gasteiger partial charge is 0.343 e. The van der Waals surface area contributed by atoms with E-state index in [4.69, 9.17) is 16.6 Å². The van der Waals surface area contributed by atoms with Crippen molar-refractivity contribution in [3.05, 3.63) is 70.2 Å². The van der Waals surface area contributed by atoms with Crippen LogP contribution in [0, 0.1) is 0 Å². The van der Waals surface area contributed by atoms with Gasteiger partial charge in [-0.05, 0) is 42.0 Å². The highest BCUT2D eigenvalue weighted by Crippen LogP contribution is 2.32. The van der Waals surface area contributed by atoms with Crippen molar-refractivity contribution in [3.63, 3.8) is 0 Å². The first-order chi connectivity index (χ1) is 14.6. The average Bonchev–Trinajstić information content (AvgIpc) is 3.43. The van der Waals surface area contributed by atoms with Crippen LogP contribution in [0.5, 0.6) is 0 Å². The summed E-state index contributed by atoms with van der Waals surface area (Å²) in [6.07, 6.45) is 1.60. The summed E-state index contributed by atoms with van der Waals surface area (Å²) in [7, 11) is 2.04. The summed E-state index contributed by atoms with van der Waals surface area (Å²) < 4.78 is 4.44. The lowest BCUT2D eigenvalue weighted by Crippen LogP contribution is -2.17. The molecule has 0 fully saturated rings. The molecule has 0 radical (unpaired) electrons. The molecule has 6 rings (SSSR count). The van der Waals surface area contributed by atoms with Gasteiger partial charge in [0, 0.05) is 30.0 Å². The SMILES string of the molecule is CN1CCn2c1nc1cc(-n3cnc4cc(-c5ccc(Cl)cc5)sc4c3=O)ccc12. The fraction of sp³-hybridized carbons (Fsp3) is 0.136. The molecule has 148 valence electrons. The minimum Gasteiger partial charge on any atom is -0.343 e. The van der Waals surface area contributed by atoms with Gasteiger partial charge in [0.1, 0.15) is 11.0 Å². The van der Waals surface area contributed by atoms with Gasteiger partial charge in [0.05, 0.1) is 22.2 Å². The Kier molecular flexibility index (Phi) is 3.78. The van der Waals surface area contributed by atoms with E-state index in [0.717, 1.165) is 46.2 Å². The van der Waals surface area contributed by atoms with E-state index in [-0.39, 0.29) is 5.56 Å². The Hall–Kier alpha value is -3.16. The standard InChI is InChI=1S/C22H16ClN5OS/c1-26-8-9-27-18-7-6-15(10-16(18)25-22(26)27)28-12-24-17-11-19(30-20(17)21(28)29)13-2-4-14(23)5-3-13/h2-7,10-12H,8-9H2,1H3. The van der Waals surface area contributed by atoms with E-state index in [0.29, 0.717) is 15.2 Å². The zero-order valence-corrected chi connectivity index (χ0v) is 17.6. The number of hydrogen-bond donors (Lipinski definition) is 0. The molecule has 0 saturated heterocycles. The van der Waals surface area contributed by atoms with Gasteiger partial charge >= 0.3 is 0 Å². The predicted molar refractivity (Wildman–Crippen MR) is 122 cm³/mol. The number of hydrogen-bond acceptors (Lipinski definition) is 5. The van der Waals surface area contributed by atoms with Gasteiger partial charge in [0.15, 0.2) is 0 Å². The van der Waals surface area contributed by atoms with Crippen molar-refractivity contribution >= 4 is 50.1 Å². The fourth-order valence-corrected chi connectivity index (χ4v) is 5.14. The van der Waals surface area contributed by atoms with E-state index in [1.54, 1.807) is 10.9 Å². The number of nitrogens with zero attached hydrogens (tertiary/aromatic N) is 5. The van der Waals surface area contributed by atoms with E-state index in [2.05, 4.69) is 14.5 Å². The summed E-state index contributed by atoms with van der Waals surface area (Å²) in [6, 6.07) is 15.5. The molecule has 1 aliphatic heterocycles. The lowest BCUT2D eigenvalue weighted by molar-refractivity contribution is 0.818. The molecule has 0 amide bonds. The first-order valence-electron chi connectivity index (χ1n) is 9.57. The van der Waals surface area contributed by atoms with Crippen LogP contribution < -0.4 is 10.5 Å². The third-order valence-corrected chi connectivity index (χ3v) is 6.97. The molecular weight excluding hydrogens is 418 g/mol. The summed E-state index contributed by atoms with van der Waals surface area (Å²) >= 11 is 7.44. The van der Waals surface area contributed by atoms with Gasteiger partial charge in [0.2, 0.25) is 5.95 Å². The lowest BCUT2D eigenvalue weighted by atomic mass is 10.2. The molecule has 30 heavy (non-hydrogen) atoms. The van der Waals surface area contributed by atoms with Gasteiger partial charge in [-0.15, -0.1) is 11.3 Å². The first kappa shape index (κ1) is 17.7. The van der Waals surface area contributed by atoms with Crippen molar-refractivity contribution < 1.29 is 0 Å². The van der Waals surface area contributed by atoms with Crippen LogP contribution in [0.2, 0.25) is 5.02 Å². The van der Waals surface area contributed by atoms with Crippen LogP contribution in [0.1, 0.15) is 0 Å². The summed E-state index contributed by atoms with van der Waals surface area (Å²) in [5, 5.41) is 0.687. The normalized spacial score (nSPS) is 13.5. The second-order valence-corrected chi connectivity index (χ2v) is 8.90. The molecule has 0 unspecified atom stereocenters. The number of aromatic nitrogens is 4. The van der Waals surface area contributed by atoms with Crippen LogP contribution in [0.25, 0.3) is 37.4 Å².